The van der Waals surface area contributed by atoms with Gasteiger partial charge in [-0.3, -0.25) is 4.79 Å². The Hall–Kier alpha value is -1.59. The highest BCUT2D eigenvalue weighted by Crippen LogP contribution is 2.34. The van der Waals surface area contributed by atoms with E-state index in [0.717, 1.165) is 5.39 Å². The van der Waals surface area contributed by atoms with Crippen molar-refractivity contribution < 1.29 is 14.3 Å². The van der Waals surface area contributed by atoms with Crippen molar-refractivity contribution in [2.75, 3.05) is 0 Å². The molecule has 0 radical (unpaired) electrons. The number of furan rings is 1. The van der Waals surface area contributed by atoms with Crippen molar-refractivity contribution in [3.05, 3.63) is 62.7 Å². The molecule has 3 nitrogen and oxygen atoms in total. The van der Waals surface area contributed by atoms with Gasteiger partial charge in [-0.2, -0.15) is 0 Å². The van der Waals surface area contributed by atoms with E-state index in [9.17, 15) is 9.90 Å². The molecule has 2 aromatic carbocycles. The van der Waals surface area contributed by atoms with Gasteiger partial charge in [-0.05, 0) is 56.1 Å². The van der Waals surface area contributed by atoms with Crippen LogP contribution in [0.5, 0.6) is 5.75 Å². The van der Waals surface area contributed by atoms with Crippen LogP contribution in [0.15, 0.2) is 55.8 Å². The van der Waals surface area contributed by atoms with Crippen molar-refractivity contribution in [1.82, 2.24) is 0 Å². The molecular weight excluding hydrogens is 388 g/mol. The molecule has 0 saturated heterocycles. The molecule has 0 fully saturated rings. The predicted molar refractivity (Wildman–Crippen MR) is 83.2 cm³/mol. The van der Waals surface area contributed by atoms with Crippen molar-refractivity contribution in [1.29, 1.82) is 0 Å². The molecule has 0 aliphatic carbocycles. The first-order valence-electron chi connectivity index (χ1n) is 5.77. The number of benzene rings is 2. The van der Waals surface area contributed by atoms with E-state index in [4.69, 9.17) is 4.42 Å². The van der Waals surface area contributed by atoms with E-state index in [-0.39, 0.29) is 17.3 Å². The van der Waals surface area contributed by atoms with Gasteiger partial charge in [0, 0.05) is 10.9 Å². The van der Waals surface area contributed by atoms with E-state index in [1.807, 2.05) is 24.3 Å². The Morgan fingerprint density at radius 2 is 1.70 bits per heavy atom. The van der Waals surface area contributed by atoms with E-state index in [1.54, 1.807) is 18.2 Å². The fourth-order valence-electron chi connectivity index (χ4n) is 1.93. The highest BCUT2D eigenvalue weighted by molar-refractivity contribution is 9.11. The average Bonchev–Trinajstić information content (AvgIpc) is 2.87. The number of carbonyl (C=O) groups excluding carboxylic acids is 1. The molecule has 1 heterocycles. The molecule has 100 valence electrons. The summed E-state index contributed by atoms with van der Waals surface area (Å²) in [5.41, 5.74) is 1.10. The molecule has 0 amide bonds. The summed E-state index contributed by atoms with van der Waals surface area (Å²) in [5, 5.41) is 10.6. The molecule has 0 saturated carbocycles. The smallest absolute Gasteiger partial charge is 0.228 e. The Balaban J connectivity index is 2.08. The quantitative estimate of drug-likeness (QED) is 0.628. The van der Waals surface area contributed by atoms with Crippen LogP contribution in [-0.2, 0) is 0 Å². The first kappa shape index (κ1) is 13.4. The minimum atomic E-state index is -0.234. The van der Waals surface area contributed by atoms with Crippen molar-refractivity contribution >= 4 is 48.6 Å². The summed E-state index contributed by atoms with van der Waals surface area (Å²) in [7, 11) is 0. The zero-order chi connectivity index (χ0) is 14.3. The fraction of sp³-hybridized carbons (Fsp3) is 0. The van der Waals surface area contributed by atoms with E-state index in [1.165, 1.54) is 0 Å². The summed E-state index contributed by atoms with van der Waals surface area (Å²) < 4.78 is 6.45. The van der Waals surface area contributed by atoms with Crippen LogP contribution in [0, 0.1) is 0 Å². The monoisotopic (exact) mass is 394 g/mol. The minimum absolute atomic E-state index is 0.0613. The van der Waals surface area contributed by atoms with Gasteiger partial charge in [-0.1, -0.05) is 18.2 Å². The fourth-order valence-corrected chi connectivity index (χ4v) is 3.12. The summed E-state index contributed by atoms with van der Waals surface area (Å²) in [4.78, 5) is 12.4. The second kappa shape index (κ2) is 5.07. The number of halogens is 2. The number of para-hydroxylation sites is 1. The molecule has 1 aromatic heterocycles. The topological polar surface area (TPSA) is 50.4 Å². The van der Waals surface area contributed by atoms with Gasteiger partial charge in [0.1, 0.15) is 11.3 Å². The number of carbonyl (C=O) groups is 1. The maximum absolute atomic E-state index is 12.4. The Bertz CT molecular complexity index is 765. The van der Waals surface area contributed by atoms with Gasteiger partial charge >= 0.3 is 0 Å². The first-order chi connectivity index (χ1) is 9.56. The van der Waals surface area contributed by atoms with Gasteiger partial charge in [0.15, 0.2) is 5.76 Å². The Labute approximate surface area is 131 Å². The molecule has 1 N–H and O–H groups in total. The lowest BCUT2D eigenvalue weighted by Crippen LogP contribution is -1.99. The van der Waals surface area contributed by atoms with Crippen LogP contribution in [0.2, 0.25) is 0 Å². The van der Waals surface area contributed by atoms with Crippen LogP contribution in [0.4, 0.5) is 0 Å². The lowest BCUT2D eigenvalue weighted by molar-refractivity contribution is 0.101. The van der Waals surface area contributed by atoms with Crippen LogP contribution in [-0.4, -0.2) is 10.9 Å². The van der Waals surface area contributed by atoms with Crippen molar-refractivity contribution in [3.8, 4) is 5.75 Å². The molecule has 0 bridgehead atoms. The number of phenolic OH excluding ortho intramolecular Hbond substituents is 1. The predicted octanol–water partition coefficient (Wildman–Crippen LogP) is 4.89. The number of phenols is 1. The van der Waals surface area contributed by atoms with Crippen LogP contribution in [0.25, 0.3) is 11.0 Å². The van der Waals surface area contributed by atoms with E-state index in [0.29, 0.717) is 20.1 Å². The molecule has 3 aromatic rings. The molecule has 0 atom stereocenters. The number of hydrogen-bond acceptors (Lipinski definition) is 3. The number of ketones is 1. The highest BCUT2D eigenvalue weighted by atomic mass is 79.9. The van der Waals surface area contributed by atoms with E-state index >= 15 is 0 Å². The molecule has 20 heavy (non-hydrogen) atoms. The van der Waals surface area contributed by atoms with Gasteiger partial charge in [0.05, 0.1) is 8.95 Å². The second-order valence-corrected chi connectivity index (χ2v) is 5.97. The maximum atomic E-state index is 12.4. The zero-order valence-corrected chi connectivity index (χ0v) is 13.2. The largest absolute Gasteiger partial charge is 0.506 e. The van der Waals surface area contributed by atoms with Crippen LogP contribution >= 0.6 is 31.9 Å². The van der Waals surface area contributed by atoms with Gasteiger partial charge in [-0.25, -0.2) is 0 Å². The highest BCUT2D eigenvalue weighted by Gasteiger charge is 2.17. The number of fused-ring (bicyclic) bond motifs is 1. The summed E-state index contributed by atoms with van der Waals surface area (Å²) in [6, 6.07) is 12.3. The molecule has 0 aliphatic heterocycles. The molecular formula is C15H8Br2O3. The summed E-state index contributed by atoms with van der Waals surface area (Å²) in [6.07, 6.45) is 0. The lowest BCUT2D eigenvalue weighted by Gasteiger charge is -2.03. The summed E-state index contributed by atoms with van der Waals surface area (Å²) in [6.45, 7) is 0. The lowest BCUT2D eigenvalue weighted by atomic mass is 10.1. The third kappa shape index (κ3) is 2.27. The molecule has 0 aliphatic rings. The van der Waals surface area contributed by atoms with Crippen LogP contribution < -0.4 is 0 Å². The molecule has 0 unspecified atom stereocenters. The van der Waals surface area contributed by atoms with Crippen molar-refractivity contribution in [3.63, 3.8) is 0 Å². The van der Waals surface area contributed by atoms with Crippen LogP contribution in [0.3, 0.4) is 0 Å². The normalized spacial score (nSPS) is 10.9. The molecule has 0 spiro atoms. The number of aromatic hydroxyl groups is 1. The third-order valence-corrected chi connectivity index (χ3v) is 4.14. The zero-order valence-electron chi connectivity index (χ0n) is 10.1. The average molecular weight is 396 g/mol. The Kier molecular flexibility index (Phi) is 3.40. The Morgan fingerprint density at radius 3 is 2.35 bits per heavy atom. The first-order valence-corrected chi connectivity index (χ1v) is 7.36. The Morgan fingerprint density at radius 1 is 1.05 bits per heavy atom. The SMILES string of the molecule is O=C(c1cc(Br)c(O)c(Br)c1)c1cc2ccccc2o1. The standard InChI is InChI=1S/C15H8Br2O3/c16-10-5-9(6-11(17)15(10)19)14(18)13-7-8-3-1-2-4-12(8)20-13/h1-7,19H. The number of hydrogen-bond donors (Lipinski definition) is 1. The van der Waals surface area contributed by atoms with Crippen molar-refractivity contribution in [2.24, 2.45) is 0 Å². The van der Waals surface area contributed by atoms with Gasteiger partial charge in [0.2, 0.25) is 5.78 Å². The van der Waals surface area contributed by atoms with Crippen LogP contribution in [0.1, 0.15) is 16.1 Å². The van der Waals surface area contributed by atoms with Gasteiger partial charge in [0.25, 0.3) is 0 Å². The van der Waals surface area contributed by atoms with Crippen molar-refractivity contribution in [2.45, 2.75) is 0 Å². The van der Waals surface area contributed by atoms with E-state index < -0.39 is 0 Å². The van der Waals surface area contributed by atoms with Gasteiger partial charge in [-0.15, -0.1) is 0 Å². The maximum Gasteiger partial charge on any atom is 0.228 e. The molecule has 3 rings (SSSR count). The minimum Gasteiger partial charge on any atom is -0.506 e. The van der Waals surface area contributed by atoms with Gasteiger partial charge < -0.3 is 9.52 Å². The van der Waals surface area contributed by atoms with E-state index in [2.05, 4.69) is 31.9 Å². The summed E-state index contributed by atoms with van der Waals surface area (Å²) in [5.74, 6) is 0.101. The number of rotatable bonds is 2. The third-order valence-electron chi connectivity index (χ3n) is 2.93. The summed E-state index contributed by atoms with van der Waals surface area (Å²) >= 11 is 6.42. The second-order valence-electron chi connectivity index (χ2n) is 4.27. The molecule has 5 heteroatoms.